The second-order valence-electron chi connectivity index (χ2n) is 4.60. The highest BCUT2D eigenvalue weighted by Gasteiger charge is 2.12. The Kier molecular flexibility index (Phi) is 3.34. The fourth-order valence-corrected chi connectivity index (χ4v) is 3.18. The summed E-state index contributed by atoms with van der Waals surface area (Å²) in [5.74, 6) is -0.607. The number of halogens is 1. The molecule has 2 heterocycles. The first-order valence-electron chi connectivity index (χ1n) is 6.19. The largest absolute Gasteiger partial charge is 0.305 e. The summed E-state index contributed by atoms with van der Waals surface area (Å²) in [6, 6.07) is 8.74. The average molecular weight is 305 g/mol. The van der Waals surface area contributed by atoms with E-state index in [4.69, 9.17) is 0 Å². The number of benzene rings is 1. The smallest absolute Gasteiger partial charge is 0.236 e. The van der Waals surface area contributed by atoms with Gasteiger partial charge in [-0.2, -0.15) is 0 Å². The number of hydrogen-bond acceptors (Lipinski definition) is 3. The monoisotopic (exact) mass is 305 g/mol. The molecule has 0 radical (unpaired) electrons. The van der Waals surface area contributed by atoms with Crippen LogP contribution in [0.1, 0.15) is 5.56 Å². The quantitative estimate of drug-likeness (QED) is 0.805. The van der Waals surface area contributed by atoms with E-state index in [1.54, 1.807) is 35.1 Å². The molecular formula is C14H12FN3O2S. The molecular weight excluding hydrogens is 293 g/mol. The number of rotatable bonds is 4. The van der Waals surface area contributed by atoms with Gasteiger partial charge in [0.15, 0.2) is 0 Å². The molecule has 21 heavy (non-hydrogen) atoms. The van der Waals surface area contributed by atoms with Crippen molar-refractivity contribution in [3.63, 3.8) is 0 Å². The Morgan fingerprint density at radius 2 is 1.90 bits per heavy atom. The molecule has 0 spiro atoms. The molecule has 0 atom stereocenters. The lowest BCUT2D eigenvalue weighted by Crippen LogP contribution is -2.15. The first-order valence-corrected chi connectivity index (χ1v) is 7.85. The van der Waals surface area contributed by atoms with Crippen molar-refractivity contribution in [1.29, 1.82) is 0 Å². The Bertz CT molecular complexity index is 873. The Morgan fingerprint density at radius 3 is 2.67 bits per heavy atom. The van der Waals surface area contributed by atoms with Gasteiger partial charge < -0.3 is 4.40 Å². The van der Waals surface area contributed by atoms with Gasteiger partial charge in [-0.25, -0.2) is 17.8 Å². The molecule has 3 aromatic rings. The van der Waals surface area contributed by atoms with Crippen LogP contribution in [-0.2, 0) is 15.8 Å². The molecule has 0 aliphatic rings. The van der Waals surface area contributed by atoms with E-state index in [0.29, 0.717) is 11.3 Å². The first kappa shape index (κ1) is 13.6. The second kappa shape index (κ2) is 5.17. The van der Waals surface area contributed by atoms with Crippen molar-refractivity contribution in [3.05, 3.63) is 66.4 Å². The molecule has 0 amide bonds. The standard InChI is InChI=1S/C14H12FN3O2S/c15-12-3-1-11(2-4-12)10-21(19,20)17-13-5-6-14-16-7-8-18(14)9-13/h1-9,17H,10H2. The summed E-state index contributed by atoms with van der Waals surface area (Å²) in [5.41, 5.74) is 1.70. The maximum atomic E-state index is 12.8. The first-order chi connectivity index (χ1) is 10.0. The molecule has 1 N–H and O–H groups in total. The van der Waals surface area contributed by atoms with E-state index in [2.05, 4.69) is 9.71 Å². The van der Waals surface area contributed by atoms with E-state index in [9.17, 15) is 12.8 Å². The van der Waals surface area contributed by atoms with Gasteiger partial charge in [0.25, 0.3) is 0 Å². The minimum absolute atomic E-state index is 0.213. The van der Waals surface area contributed by atoms with Gasteiger partial charge in [0.1, 0.15) is 11.5 Å². The number of nitrogens with one attached hydrogen (secondary N) is 1. The van der Waals surface area contributed by atoms with Crippen LogP contribution in [0.2, 0.25) is 0 Å². The average Bonchev–Trinajstić information content (AvgIpc) is 2.88. The normalized spacial score (nSPS) is 11.7. The maximum Gasteiger partial charge on any atom is 0.236 e. The molecule has 0 saturated heterocycles. The third kappa shape index (κ3) is 3.19. The topological polar surface area (TPSA) is 63.5 Å². The molecule has 7 heteroatoms. The van der Waals surface area contributed by atoms with Crippen LogP contribution in [0.5, 0.6) is 0 Å². The summed E-state index contributed by atoms with van der Waals surface area (Å²) in [5, 5.41) is 0. The summed E-state index contributed by atoms with van der Waals surface area (Å²) < 4.78 is 41.2. The van der Waals surface area contributed by atoms with Gasteiger partial charge in [0, 0.05) is 18.6 Å². The number of aromatic nitrogens is 2. The zero-order chi connectivity index (χ0) is 14.9. The van der Waals surface area contributed by atoms with Crippen LogP contribution in [0.15, 0.2) is 55.0 Å². The zero-order valence-electron chi connectivity index (χ0n) is 10.9. The fourth-order valence-electron chi connectivity index (χ4n) is 2.00. The Labute approximate surface area is 121 Å². The molecule has 0 fully saturated rings. The molecule has 0 aliphatic carbocycles. The van der Waals surface area contributed by atoms with Gasteiger partial charge in [-0.15, -0.1) is 0 Å². The van der Waals surface area contributed by atoms with Crippen LogP contribution in [-0.4, -0.2) is 17.8 Å². The maximum absolute atomic E-state index is 12.8. The number of pyridine rings is 1. The molecule has 0 bridgehead atoms. The van der Waals surface area contributed by atoms with Crippen molar-refractivity contribution in [3.8, 4) is 0 Å². The van der Waals surface area contributed by atoms with Crippen LogP contribution in [0, 0.1) is 5.82 Å². The SMILES string of the molecule is O=S(=O)(Cc1ccc(F)cc1)Nc1ccc2nccn2c1. The molecule has 0 aliphatic heterocycles. The van der Waals surface area contributed by atoms with Crippen molar-refractivity contribution in [2.45, 2.75) is 5.75 Å². The molecule has 108 valence electrons. The van der Waals surface area contributed by atoms with E-state index in [1.165, 1.54) is 24.3 Å². The van der Waals surface area contributed by atoms with Crippen molar-refractivity contribution in [1.82, 2.24) is 9.38 Å². The van der Waals surface area contributed by atoms with Crippen LogP contribution in [0.25, 0.3) is 5.65 Å². The van der Waals surface area contributed by atoms with Gasteiger partial charge in [-0.1, -0.05) is 12.1 Å². The molecule has 0 saturated carbocycles. The number of hydrogen-bond donors (Lipinski definition) is 1. The summed E-state index contributed by atoms with van der Waals surface area (Å²) in [4.78, 5) is 4.08. The minimum atomic E-state index is -3.56. The van der Waals surface area contributed by atoms with Gasteiger partial charge in [0.2, 0.25) is 10.0 Å². The van der Waals surface area contributed by atoms with Crippen LogP contribution >= 0.6 is 0 Å². The van der Waals surface area contributed by atoms with E-state index < -0.39 is 15.8 Å². The molecule has 2 aromatic heterocycles. The predicted molar refractivity (Wildman–Crippen MR) is 77.8 cm³/mol. The summed E-state index contributed by atoms with van der Waals surface area (Å²) >= 11 is 0. The van der Waals surface area contributed by atoms with E-state index >= 15 is 0 Å². The highest BCUT2D eigenvalue weighted by atomic mass is 32.2. The number of nitrogens with zero attached hydrogens (tertiary/aromatic N) is 2. The lowest BCUT2D eigenvalue weighted by atomic mass is 10.2. The third-order valence-corrected chi connectivity index (χ3v) is 4.19. The minimum Gasteiger partial charge on any atom is -0.305 e. The van der Waals surface area contributed by atoms with Gasteiger partial charge >= 0.3 is 0 Å². The summed E-state index contributed by atoms with van der Waals surface area (Å²) in [6.45, 7) is 0. The Balaban J connectivity index is 1.80. The zero-order valence-corrected chi connectivity index (χ0v) is 11.7. The molecule has 3 rings (SSSR count). The highest BCUT2D eigenvalue weighted by Crippen LogP contribution is 2.14. The summed E-state index contributed by atoms with van der Waals surface area (Å²) in [7, 11) is -3.56. The summed E-state index contributed by atoms with van der Waals surface area (Å²) in [6.07, 6.45) is 5.00. The second-order valence-corrected chi connectivity index (χ2v) is 6.32. The molecule has 5 nitrogen and oxygen atoms in total. The van der Waals surface area contributed by atoms with Crippen LogP contribution in [0.3, 0.4) is 0 Å². The number of sulfonamides is 1. The van der Waals surface area contributed by atoms with Crippen molar-refractivity contribution < 1.29 is 12.8 Å². The van der Waals surface area contributed by atoms with Crippen LogP contribution in [0.4, 0.5) is 10.1 Å². The van der Waals surface area contributed by atoms with E-state index in [1.807, 2.05) is 0 Å². The Morgan fingerprint density at radius 1 is 1.14 bits per heavy atom. The number of anilines is 1. The lowest BCUT2D eigenvalue weighted by Gasteiger charge is -2.08. The van der Waals surface area contributed by atoms with Crippen molar-refractivity contribution in [2.24, 2.45) is 0 Å². The molecule has 0 unspecified atom stereocenters. The van der Waals surface area contributed by atoms with E-state index in [-0.39, 0.29) is 5.75 Å². The van der Waals surface area contributed by atoms with Gasteiger partial charge in [-0.3, -0.25) is 4.72 Å². The predicted octanol–water partition coefficient (Wildman–Crippen LogP) is 2.42. The number of imidazole rings is 1. The highest BCUT2D eigenvalue weighted by molar-refractivity contribution is 7.91. The Hall–Kier alpha value is -2.41. The van der Waals surface area contributed by atoms with Gasteiger partial charge in [-0.05, 0) is 29.8 Å². The van der Waals surface area contributed by atoms with E-state index in [0.717, 1.165) is 5.65 Å². The van der Waals surface area contributed by atoms with Crippen LogP contribution < -0.4 is 4.72 Å². The lowest BCUT2D eigenvalue weighted by molar-refractivity contribution is 0.600. The fraction of sp³-hybridized carbons (Fsp3) is 0.0714. The number of fused-ring (bicyclic) bond motifs is 1. The molecule has 1 aromatic carbocycles. The van der Waals surface area contributed by atoms with Crippen molar-refractivity contribution >= 4 is 21.4 Å². The van der Waals surface area contributed by atoms with Gasteiger partial charge in [0.05, 0.1) is 11.4 Å². The van der Waals surface area contributed by atoms with Crippen molar-refractivity contribution in [2.75, 3.05) is 4.72 Å². The third-order valence-electron chi connectivity index (χ3n) is 2.93.